The van der Waals surface area contributed by atoms with Gasteiger partial charge in [-0.1, -0.05) is 6.92 Å². The predicted octanol–water partition coefficient (Wildman–Crippen LogP) is 4.53. The highest BCUT2D eigenvalue weighted by atomic mass is 19.4. The molecule has 1 N–H and O–H groups in total. The zero-order chi connectivity index (χ0) is 16.1. The number of alkyl halides is 6. The van der Waals surface area contributed by atoms with Crippen LogP contribution in [0, 0.1) is 0 Å². The van der Waals surface area contributed by atoms with Crippen LogP contribution in [0.15, 0.2) is 18.2 Å². The van der Waals surface area contributed by atoms with Crippen LogP contribution in [0.2, 0.25) is 0 Å². The van der Waals surface area contributed by atoms with Gasteiger partial charge in [0.15, 0.2) is 0 Å². The van der Waals surface area contributed by atoms with Crippen LogP contribution in [0.5, 0.6) is 0 Å². The number of hydrogen-bond acceptors (Lipinski definition) is 1. The van der Waals surface area contributed by atoms with Gasteiger partial charge in [0.05, 0.1) is 17.2 Å². The molecular formula is C14H14F6O. The predicted molar refractivity (Wildman–Crippen MR) is 63.7 cm³/mol. The third-order valence-corrected chi connectivity index (χ3v) is 4.16. The van der Waals surface area contributed by atoms with Crippen molar-refractivity contribution < 1.29 is 31.4 Å². The van der Waals surface area contributed by atoms with Crippen molar-refractivity contribution in [1.29, 1.82) is 0 Å². The summed E-state index contributed by atoms with van der Waals surface area (Å²) in [7, 11) is 0. The third-order valence-electron chi connectivity index (χ3n) is 4.16. The van der Waals surface area contributed by atoms with Crippen LogP contribution in [0.4, 0.5) is 26.3 Å². The van der Waals surface area contributed by atoms with Gasteiger partial charge in [0, 0.05) is 5.41 Å². The van der Waals surface area contributed by atoms with Gasteiger partial charge in [-0.05, 0) is 43.0 Å². The molecule has 0 radical (unpaired) electrons. The normalized spacial score (nSPS) is 27.1. The third kappa shape index (κ3) is 3.02. The molecule has 118 valence electrons. The summed E-state index contributed by atoms with van der Waals surface area (Å²) in [4.78, 5) is 0. The number of aliphatic hydroxyl groups is 1. The van der Waals surface area contributed by atoms with E-state index < -0.39 is 35.0 Å². The Kier molecular flexibility index (Phi) is 3.76. The zero-order valence-electron chi connectivity index (χ0n) is 11.1. The minimum absolute atomic E-state index is 0.105. The Balaban J connectivity index is 2.61. The minimum Gasteiger partial charge on any atom is -0.392 e. The zero-order valence-corrected chi connectivity index (χ0v) is 11.1. The van der Waals surface area contributed by atoms with Crippen molar-refractivity contribution in [3.05, 3.63) is 34.9 Å². The van der Waals surface area contributed by atoms with Gasteiger partial charge < -0.3 is 5.11 Å². The minimum atomic E-state index is -4.87. The SMILES string of the molecule is CC1(c2cc(C(F)(F)F)cc(C(F)(F)F)c2)CCCC1O. The van der Waals surface area contributed by atoms with E-state index in [1.165, 1.54) is 6.92 Å². The number of halogens is 6. The fraction of sp³-hybridized carbons (Fsp3) is 0.571. The number of aliphatic hydroxyl groups excluding tert-OH is 1. The first-order chi connectivity index (χ1) is 9.44. The molecule has 21 heavy (non-hydrogen) atoms. The molecule has 1 aliphatic rings. The van der Waals surface area contributed by atoms with Crippen LogP contribution < -0.4 is 0 Å². The molecule has 1 aliphatic carbocycles. The molecule has 2 unspecified atom stereocenters. The summed E-state index contributed by atoms with van der Waals surface area (Å²) < 4.78 is 76.9. The average molecular weight is 312 g/mol. The molecule has 7 heteroatoms. The Bertz CT molecular complexity index is 501. The summed E-state index contributed by atoms with van der Waals surface area (Å²) in [5.74, 6) is 0. The lowest BCUT2D eigenvalue weighted by molar-refractivity contribution is -0.143. The van der Waals surface area contributed by atoms with E-state index in [2.05, 4.69) is 0 Å². The van der Waals surface area contributed by atoms with Crippen LogP contribution >= 0.6 is 0 Å². The van der Waals surface area contributed by atoms with E-state index in [1.54, 1.807) is 0 Å². The molecular weight excluding hydrogens is 298 g/mol. The number of hydrogen-bond donors (Lipinski definition) is 1. The highest BCUT2D eigenvalue weighted by molar-refractivity contribution is 5.38. The Labute approximate surface area is 117 Å². The first kappa shape index (κ1) is 16.1. The number of rotatable bonds is 1. The monoisotopic (exact) mass is 312 g/mol. The molecule has 2 rings (SSSR count). The van der Waals surface area contributed by atoms with Crippen molar-refractivity contribution in [3.8, 4) is 0 Å². The fourth-order valence-corrected chi connectivity index (χ4v) is 2.77. The van der Waals surface area contributed by atoms with Gasteiger partial charge in [-0.2, -0.15) is 26.3 Å². The van der Waals surface area contributed by atoms with Crippen molar-refractivity contribution in [3.63, 3.8) is 0 Å². The maximum absolute atomic E-state index is 12.8. The molecule has 1 saturated carbocycles. The standard InChI is InChI=1S/C14H14F6O/c1-12(4-2-3-11(12)21)8-5-9(13(15,16)17)7-10(6-8)14(18,19)20/h5-7,11,21H,2-4H2,1H3. The van der Waals surface area contributed by atoms with Gasteiger partial charge in [-0.15, -0.1) is 0 Å². The maximum atomic E-state index is 12.8. The summed E-state index contributed by atoms with van der Waals surface area (Å²) in [6.07, 6.45) is -9.39. The maximum Gasteiger partial charge on any atom is 0.416 e. The smallest absolute Gasteiger partial charge is 0.392 e. The van der Waals surface area contributed by atoms with Crippen LogP contribution in [0.25, 0.3) is 0 Å². The van der Waals surface area contributed by atoms with Gasteiger partial charge in [0.25, 0.3) is 0 Å². The number of benzene rings is 1. The molecule has 1 aromatic rings. The highest BCUT2D eigenvalue weighted by Crippen LogP contribution is 2.44. The van der Waals surface area contributed by atoms with Gasteiger partial charge >= 0.3 is 12.4 Å². The Morgan fingerprint density at radius 2 is 1.48 bits per heavy atom. The lowest BCUT2D eigenvalue weighted by Crippen LogP contribution is -2.32. The van der Waals surface area contributed by atoms with Crippen molar-refractivity contribution in [1.82, 2.24) is 0 Å². The van der Waals surface area contributed by atoms with Crippen LogP contribution in [-0.2, 0) is 17.8 Å². The quantitative estimate of drug-likeness (QED) is 0.756. The van der Waals surface area contributed by atoms with Gasteiger partial charge in [0.1, 0.15) is 0 Å². The molecule has 2 atom stereocenters. The molecule has 0 aromatic heterocycles. The van der Waals surface area contributed by atoms with Gasteiger partial charge in [-0.3, -0.25) is 0 Å². The molecule has 0 spiro atoms. The van der Waals surface area contributed by atoms with Gasteiger partial charge in [0.2, 0.25) is 0 Å². The summed E-state index contributed by atoms with van der Waals surface area (Å²) >= 11 is 0. The largest absolute Gasteiger partial charge is 0.416 e. The first-order valence-corrected chi connectivity index (χ1v) is 6.42. The van der Waals surface area contributed by atoms with Crippen LogP contribution in [0.1, 0.15) is 42.9 Å². The molecule has 1 fully saturated rings. The van der Waals surface area contributed by atoms with E-state index in [9.17, 15) is 31.4 Å². The topological polar surface area (TPSA) is 20.2 Å². The van der Waals surface area contributed by atoms with E-state index in [0.717, 1.165) is 0 Å². The summed E-state index contributed by atoms with van der Waals surface area (Å²) in [6, 6.07) is 1.53. The first-order valence-electron chi connectivity index (χ1n) is 6.42. The van der Waals surface area contributed by atoms with E-state index in [-0.39, 0.29) is 11.6 Å². The lowest BCUT2D eigenvalue weighted by Gasteiger charge is -2.30. The van der Waals surface area contributed by atoms with Crippen LogP contribution in [0.3, 0.4) is 0 Å². The van der Waals surface area contributed by atoms with Crippen molar-refractivity contribution >= 4 is 0 Å². The Morgan fingerprint density at radius 1 is 1.00 bits per heavy atom. The summed E-state index contributed by atoms with van der Waals surface area (Å²) in [5.41, 5.74) is -3.88. The molecule has 0 bridgehead atoms. The molecule has 0 saturated heterocycles. The summed E-state index contributed by atoms with van der Waals surface area (Å²) in [5, 5.41) is 9.93. The fourth-order valence-electron chi connectivity index (χ4n) is 2.77. The molecule has 1 aromatic carbocycles. The second-order valence-corrected chi connectivity index (χ2v) is 5.62. The average Bonchev–Trinajstić information content (AvgIpc) is 2.68. The van der Waals surface area contributed by atoms with E-state index >= 15 is 0 Å². The molecule has 1 nitrogen and oxygen atoms in total. The van der Waals surface area contributed by atoms with Crippen molar-refractivity contribution in [2.75, 3.05) is 0 Å². The van der Waals surface area contributed by atoms with Gasteiger partial charge in [-0.25, -0.2) is 0 Å². The van der Waals surface area contributed by atoms with Crippen molar-refractivity contribution in [2.45, 2.75) is 50.1 Å². The van der Waals surface area contributed by atoms with E-state index in [4.69, 9.17) is 0 Å². The Hall–Kier alpha value is -1.24. The lowest BCUT2D eigenvalue weighted by atomic mass is 9.78. The summed E-state index contributed by atoms with van der Waals surface area (Å²) in [6.45, 7) is 1.50. The van der Waals surface area contributed by atoms with Crippen molar-refractivity contribution in [2.24, 2.45) is 0 Å². The van der Waals surface area contributed by atoms with E-state index in [0.29, 0.717) is 31.4 Å². The molecule has 0 aliphatic heterocycles. The highest BCUT2D eigenvalue weighted by Gasteiger charge is 2.43. The second kappa shape index (κ2) is 4.90. The molecule has 0 amide bonds. The Morgan fingerprint density at radius 3 is 1.81 bits per heavy atom. The molecule has 0 heterocycles. The van der Waals surface area contributed by atoms with E-state index in [1.807, 2.05) is 0 Å². The second-order valence-electron chi connectivity index (χ2n) is 5.62. The van der Waals surface area contributed by atoms with Crippen LogP contribution in [-0.4, -0.2) is 11.2 Å².